The first kappa shape index (κ1) is 21.4. The average molecular weight is 435 g/mol. The Morgan fingerprint density at radius 1 is 1.06 bits per heavy atom. The summed E-state index contributed by atoms with van der Waals surface area (Å²) in [5.41, 5.74) is 8.64. The predicted octanol–water partition coefficient (Wildman–Crippen LogP) is 6.19. The van der Waals surface area contributed by atoms with Crippen LogP contribution in [0.3, 0.4) is 0 Å². The van der Waals surface area contributed by atoms with Crippen LogP contribution in [0.25, 0.3) is 33.4 Å². The maximum atomic E-state index is 9.23. The van der Waals surface area contributed by atoms with Gasteiger partial charge in [0, 0.05) is 30.4 Å². The van der Waals surface area contributed by atoms with Gasteiger partial charge in [0.1, 0.15) is 0 Å². The van der Waals surface area contributed by atoms with Crippen molar-refractivity contribution in [2.45, 2.75) is 33.7 Å². The third kappa shape index (κ3) is 4.17. The average Bonchev–Trinajstić information content (AvgIpc) is 3.22. The minimum Gasteiger partial charge on any atom is -0.346 e. The van der Waals surface area contributed by atoms with E-state index in [1.807, 2.05) is 24.3 Å². The van der Waals surface area contributed by atoms with Gasteiger partial charge >= 0.3 is 0 Å². The molecule has 0 aliphatic carbocycles. The molecular formula is C29H30N4. The first-order valence-corrected chi connectivity index (χ1v) is 11.7. The Kier molecular flexibility index (Phi) is 5.52. The number of aromatic nitrogens is 2. The van der Waals surface area contributed by atoms with Crippen LogP contribution in [0, 0.1) is 29.6 Å². The molecule has 1 aliphatic heterocycles. The number of piperidine rings is 1. The number of aryl methyl sites for hydroxylation is 1. The van der Waals surface area contributed by atoms with E-state index in [1.165, 1.54) is 12.0 Å². The number of nitriles is 1. The lowest BCUT2D eigenvalue weighted by atomic mass is 9.74. The summed E-state index contributed by atoms with van der Waals surface area (Å²) in [7, 11) is 0. The Balaban J connectivity index is 1.63. The van der Waals surface area contributed by atoms with Gasteiger partial charge in [-0.1, -0.05) is 55.8 Å². The van der Waals surface area contributed by atoms with Crippen LogP contribution in [0.1, 0.15) is 31.4 Å². The number of fused-ring (bicyclic) bond motifs is 1. The van der Waals surface area contributed by atoms with Gasteiger partial charge in [0.2, 0.25) is 0 Å². The van der Waals surface area contributed by atoms with Gasteiger partial charge in [0.05, 0.1) is 28.4 Å². The van der Waals surface area contributed by atoms with Crippen LogP contribution in [-0.2, 0) is 6.54 Å². The Morgan fingerprint density at radius 2 is 1.79 bits per heavy atom. The zero-order valence-corrected chi connectivity index (χ0v) is 19.6. The van der Waals surface area contributed by atoms with Crippen LogP contribution in [0.2, 0.25) is 0 Å². The fourth-order valence-corrected chi connectivity index (χ4v) is 4.86. The van der Waals surface area contributed by atoms with Gasteiger partial charge in [-0.2, -0.15) is 5.26 Å². The van der Waals surface area contributed by atoms with Gasteiger partial charge in [0.25, 0.3) is 0 Å². The fraction of sp³-hybridized carbons (Fsp3) is 0.310. The highest BCUT2D eigenvalue weighted by molar-refractivity contribution is 5.90. The van der Waals surface area contributed by atoms with Gasteiger partial charge in [0.15, 0.2) is 0 Å². The molecule has 4 nitrogen and oxygen atoms in total. The maximum absolute atomic E-state index is 9.23. The Bertz CT molecular complexity index is 1320. The predicted molar refractivity (Wildman–Crippen MR) is 135 cm³/mol. The molecule has 1 aliphatic rings. The quantitative estimate of drug-likeness (QED) is 0.417. The first-order valence-electron chi connectivity index (χ1n) is 11.7. The first-order chi connectivity index (χ1) is 15.9. The number of hydrogen-bond donors (Lipinski definition) is 1. The smallest absolute Gasteiger partial charge is 0.0991 e. The van der Waals surface area contributed by atoms with E-state index in [9.17, 15) is 5.26 Å². The summed E-state index contributed by atoms with van der Waals surface area (Å²) in [6, 6.07) is 23.0. The summed E-state index contributed by atoms with van der Waals surface area (Å²) in [4.78, 5) is 5.14. The highest BCUT2D eigenvalue weighted by Gasteiger charge is 2.32. The van der Waals surface area contributed by atoms with Crippen molar-refractivity contribution in [2.75, 3.05) is 13.1 Å². The molecule has 2 aromatic heterocycles. The fourth-order valence-electron chi connectivity index (χ4n) is 4.86. The second-order valence-corrected chi connectivity index (χ2v) is 9.95. The molecule has 5 rings (SSSR count). The summed E-state index contributed by atoms with van der Waals surface area (Å²) in [6.07, 6.45) is 3.38. The molecule has 0 amide bonds. The van der Waals surface area contributed by atoms with Crippen molar-refractivity contribution < 1.29 is 0 Å². The van der Waals surface area contributed by atoms with Crippen molar-refractivity contribution >= 4 is 11.0 Å². The molecule has 166 valence electrons. The molecule has 1 N–H and O–H groups in total. The van der Waals surface area contributed by atoms with Crippen molar-refractivity contribution in [3.8, 4) is 28.5 Å². The lowest BCUT2D eigenvalue weighted by molar-refractivity contribution is 0.136. The lowest BCUT2D eigenvalue weighted by Crippen LogP contribution is -2.43. The molecule has 0 radical (unpaired) electrons. The highest BCUT2D eigenvalue weighted by atomic mass is 15.0. The molecule has 3 heterocycles. The minimum atomic E-state index is 0.313. The standard InChI is InChI=1S/C29H30N4/c1-20-4-8-23(9-5-20)28-25(22-10-6-21(17-30)7-11-22)16-27-26(32-28)12-15-33(27)19-24-18-31-14-13-29(24,2)3/h4-12,15-16,24,31H,13-14,18-19H2,1-3H3. The van der Waals surface area contributed by atoms with Crippen LogP contribution in [0.15, 0.2) is 66.9 Å². The normalized spacial score (nSPS) is 17.7. The molecule has 4 heteroatoms. The van der Waals surface area contributed by atoms with Crippen molar-refractivity contribution in [3.05, 3.63) is 78.0 Å². The number of nitrogens with zero attached hydrogens (tertiary/aromatic N) is 3. The Labute approximate surface area is 195 Å². The van der Waals surface area contributed by atoms with Crippen LogP contribution in [0.4, 0.5) is 0 Å². The third-order valence-electron chi connectivity index (χ3n) is 7.26. The molecule has 0 saturated carbocycles. The molecule has 0 bridgehead atoms. The van der Waals surface area contributed by atoms with E-state index in [1.54, 1.807) is 0 Å². The van der Waals surface area contributed by atoms with Gasteiger partial charge in [-0.05, 0) is 61.1 Å². The van der Waals surface area contributed by atoms with E-state index >= 15 is 0 Å². The van der Waals surface area contributed by atoms with Gasteiger partial charge in [-0.15, -0.1) is 0 Å². The lowest BCUT2D eigenvalue weighted by Gasteiger charge is -2.39. The van der Waals surface area contributed by atoms with E-state index in [2.05, 4.69) is 79.3 Å². The summed E-state index contributed by atoms with van der Waals surface area (Å²) in [5, 5.41) is 12.8. The van der Waals surface area contributed by atoms with Crippen molar-refractivity contribution in [1.29, 1.82) is 5.26 Å². The molecule has 33 heavy (non-hydrogen) atoms. The number of nitrogens with one attached hydrogen (secondary N) is 1. The maximum Gasteiger partial charge on any atom is 0.0991 e. The SMILES string of the molecule is Cc1ccc(-c2nc3ccn(CC4CNCCC4(C)C)c3cc2-c2ccc(C#N)cc2)cc1. The third-order valence-corrected chi connectivity index (χ3v) is 7.26. The zero-order chi connectivity index (χ0) is 23.0. The summed E-state index contributed by atoms with van der Waals surface area (Å²) < 4.78 is 2.37. The summed E-state index contributed by atoms with van der Waals surface area (Å²) >= 11 is 0. The molecule has 0 spiro atoms. The van der Waals surface area contributed by atoms with Crippen LogP contribution in [0.5, 0.6) is 0 Å². The number of pyridine rings is 1. The Hall–Kier alpha value is -3.42. The monoisotopic (exact) mass is 434 g/mol. The van der Waals surface area contributed by atoms with E-state index in [0.717, 1.165) is 53.1 Å². The molecule has 1 unspecified atom stereocenters. The topological polar surface area (TPSA) is 53.6 Å². The zero-order valence-electron chi connectivity index (χ0n) is 19.6. The molecular weight excluding hydrogens is 404 g/mol. The van der Waals surface area contributed by atoms with Crippen molar-refractivity contribution in [1.82, 2.24) is 14.9 Å². The summed E-state index contributed by atoms with van der Waals surface area (Å²) in [6.45, 7) is 10.00. The van der Waals surface area contributed by atoms with E-state index in [0.29, 0.717) is 16.9 Å². The number of benzene rings is 2. The molecule has 1 atom stereocenters. The van der Waals surface area contributed by atoms with E-state index in [-0.39, 0.29) is 0 Å². The van der Waals surface area contributed by atoms with E-state index < -0.39 is 0 Å². The summed E-state index contributed by atoms with van der Waals surface area (Å²) in [5.74, 6) is 0.567. The van der Waals surface area contributed by atoms with Crippen molar-refractivity contribution in [3.63, 3.8) is 0 Å². The Morgan fingerprint density at radius 3 is 2.48 bits per heavy atom. The minimum absolute atomic E-state index is 0.313. The van der Waals surface area contributed by atoms with Crippen molar-refractivity contribution in [2.24, 2.45) is 11.3 Å². The second-order valence-electron chi connectivity index (χ2n) is 9.95. The van der Waals surface area contributed by atoms with Crippen LogP contribution >= 0.6 is 0 Å². The van der Waals surface area contributed by atoms with Gasteiger partial charge in [-0.3, -0.25) is 0 Å². The molecule has 1 saturated heterocycles. The van der Waals surface area contributed by atoms with Gasteiger partial charge < -0.3 is 9.88 Å². The van der Waals surface area contributed by atoms with E-state index in [4.69, 9.17) is 4.98 Å². The van der Waals surface area contributed by atoms with Gasteiger partial charge in [-0.25, -0.2) is 4.98 Å². The molecule has 1 fully saturated rings. The number of hydrogen-bond acceptors (Lipinski definition) is 3. The molecule has 2 aromatic carbocycles. The van der Waals surface area contributed by atoms with Crippen LogP contribution in [-0.4, -0.2) is 22.6 Å². The largest absolute Gasteiger partial charge is 0.346 e. The second kappa shape index (κ2) is 8.50. The van der Waals surface area contributed by atoms with Crippen LogP contribution < -0.4 is 5.32 Å². The highest BCUT2D eigenvalue weighted by Crippen LogP contribution is 2.37. The molecule has 4 aromatic rings. The number of rotatable bonds is 4.